The van der Waals surface area contributed by atoms with Crippen LogP contribution >= 0.6 is 0 Å². The minimum Gasteiger partial charge on any atom is -0.477 e. The molecule has 1 saturated carbocycles. The largest absolute Gasteiger partial charge is 0.477 e. The molecule has 0 bridgehead atoms. The van der Waals surface area contributed by atoms with E-state index in [1.54, 1.807) is 6.20 Å². The molecule has 1 aromatic heterocycles. The minimum absolute atomic E-state index is 0.0744. The molecule has 0 spiro atoms. The second-order valence-electron chi connectivity index (χ2n) is 7.18. The Bertz CT molecular complexity index is 561. The van der Waals surface area contributed by atoms with E-state index in [0.717, 1.165) is 39.0 Å². The summed E-state index contributed by atoms with van der Waals surface area (Å²) in [7, 11) is 0. The maximum Gasteiger partial charge on any atom is 0.222 e. The van der Waals surface area contributed by atoms with Gasteiger partial charge in [-0.15, -0.1) is 0 Å². The van der Waals surface area contributed by atoms with Gasteiger partial charge in [-0.2, -0.15) is 0 Å². The third-order valence-corrected chi connectivity index (χ3v) is 5.43. The lowest BCUT2D eigenvalue weighted by Crippen LogP contribution is -2.54. The predicted molar refractivity (Wildman–Crippen MR) is 85.1 cm³/mol. The van der Waals surface area contributed by atoms with Crippen LogP contribution in [0.25, 0.3) is 0 Å². The Morgan fingerprint density at radius 3 is 3.09 bits per heavy atom. The van der Waals surface area contributed by atoms with Gasteiger partial charge in [0.2, 0.25) is 11.8 Å². The van der Waals surface area contributed by atoms with Crippen molar-refractivity contribution < 1.29 is 14.3 Å². The Kier molecular flexibility index (Phi) is 3.97. The highest BCUT2D eigenvalue weighted by molar-refractivity contribution is 5.77. The van der Waals surface area contributed by atoms with E-state index in [2.05, 4.69) is 4.98 Å². The summed E-state index contributed by atoms with van der Waals surface area (Å²) in [6.45, 7) is 2.92. The Morgan fingerprint density at radius 1 is 1.39 bits per heavy atom. The number of ether oxygens (including phenoxy) is 2. The summed E-state index contributed by atoms with van der Waals surface area (Å²) in [5.41, 5.74) is -0.0744. The number of pyridine rings is 1. The summed E-state index contributed by atoms with van der Waals surface area (Å²) in [4.78, 5) is 18.8. The molecule has 124 valence electrons. The first-order chi connectivity index (χ1) is 11.3. The summed E-state index contributed by atoms with van der Waals surface area (Å²) in [5, 5.41) is 0. The highest BCUT2D eigenvalue weighted by Gasteiger charge is 2.49. The molecule has 4 rings (SSSR count). The first-order valence-electron chi connectivity index (χ1n) is 8.68. The van der Waals surface area contributed by atoms with Gasteiger partial charge >= 0.3 is 0 Å². The maximum absolute atomic E-state index is 12.5. The van der Waals surface area contributed by atoms with Crippen molar-refractivity contribution in [3.63, 3.8) is 0 Å². The fourth-order valence-corrected chi connectivity index (χ4v) is 3.82. The topological polar surface area (TPSA) is 51.7 Å². The van der Waals surface area contributed by atoms with Crippen molar-refractivity contribution in [1.29, 1.82) is 0 Å². The number of fused-ring (bicyclic) bond motifs is 1. The fraction of sp³-hybridized carbons (Fsp3) is 0.667. The SMILES string of the molecule is O=C(CC1CC1)N1CC[C@@H]2OCC[C@]2(COc2ccccn2)C1. The van der Waals surface area contributed by atoms with Gasteiger partial charge in [-0.25, -0.2) is 4.98 Å². The number of amides is 1. The predicted octanol–water partition coefficient (Wildman–Crippen LogP) is 2.27. The normalized spacial score (nSPS) is 30.1. The second kappa shape index (κ2) is 6.11. The van der Waals surface area contributed by atoms with Crippen LogP contribution in [-0.4, -0.2) is 48.2 Å². The lowest BCUT2D eigenvalue weighted by Gasteiger charge is -2.43. The lowest BCUT2D eigenvalue weighted by molar-refractivity contribution is -0.138. The molecule has 0 radical (unpaired) electrons. The number of hydrogen-bond donors (Lipinski definition) is 0. The smallest absolute Gasteiger partial charge is 0.222 e. The van der Waals surface area contributed by atoms with E-state index in [-0.39, 0.29) is 11.5 Å². The van der Waals surface area contributed by atoms with Gasteiger partial charge in [0.05, 0.1) is 18.1 Å². The fourth-order valence-electron chi connectivity index (χ4n) is 3.82. The molecule has 1 aromatic rings. The van der Waals surface area contributed by atoms with Crippen LogP contribution in [0.5, 0.6) is 5.88 Å². The highest BCUT2D eigenvalue weighted by Crippen LogP contribution is 2.42. The number of aromatic nitrogens is 1. The van der Waals surface area contributed by atoms with Crippen LogP contribution in [-0.2, 0) is 9.53 Å². The molecule has 23 heavy (non-hydrogen) atoms. The molecule has 2 atom stereocenters. The van der Waals surface area contributed by atoms with Crippen molar-refractivity contribution in [3.8, 4) is 5.88 Å². The molecule has 0 unspecified atom stereocenters. The molecule has 3 fully saturated rings. The summed E-state index contributed by atoms with van der Waals surface area (Å²) >= 11 is 0. The number of rotatable bonds is 5. The first kappa shape index (κ1) is 14.9. The molecule has 1 aliphatic carbocycles. The van der Waals surface area contributed by atoms with Gasteiger partial charge < -0.3 is 14.4 Å². The summed E-state index contributed by atoms with van der Waals surface area (Å²) in [6.07, 6.45) is 6.99. The number of carbonyl (C=O) groups excluding carboxylic acids is 1. The second-order valence-corrected chi connectivity index (χ2v) is 7.18. The summed E-state index contributed by atoms with van der Waals surface area (Å²) in [6, 6.07) is 5.68. The monoisotopic (exact) mass is 316 g/mol. The quantitative estimate of drug-likeness (QED) is 0.836. The number of nitrogens with zero attached hydrogens (tertiary/aromatic N) is 2. The molecular weight excluding hydrogens is 292 g/mol. The van der Waals surface area contributed by atoms with E-state index >= 15 is 0 Å². The molecule has 2 saturated heterocycles. The van der Waals surface area contributed by atoms with E-state index in [9.17, 15) is 4.79 Å². The number of piperidine rings is 1. The van der Waals surface area contributed by atoms with E-state index < -0.39 is 0 Å². The highest BCUT2D eigenvalue weighted by atomic mass is 16.5. The zero-order chi connectivity index (χ0) is 15.7. The summed E-state index contributed by atoms with van der Waals surface area (Å²) < 4.78 is 11.9. The van der Waals surface area contributed by atoms with E-state index in [1.165, 1.54) is 12.8 Å². The molecule has 5 heteroatoms. The Morgan fingerprint density at radius 2 is 2.30 bits per heavy atom. The van der Waals surface area contributed by atoms with Gasteiger partial charge in [-0.1, -0.05) is 6.07 Å². The van der Waals surface area contributed by atoms with Crippen molar-refractivity contribution in [2.45, 2.75) is 38.2 Å². The van der Waals surface area contributed by atoms with E-state index in [1.807, 2.05) is 23.1 Å². The average molecular weight is 316 g/mol. The summed E-state index contributed by atoms with van der Waals surface area (Å²) in [5.74, 6) is 1.60. The third-order valence-electron chi connectivity index (χ3n) is 5.43. The van der Waals surface area contributed by atoms with Crippen molar-refractivity contribution in [2.75, 3.05) is 26.3 Å². The Hall–Kier alpha value is -1.62. The number of hydrogen-bond acceptors (Lipinski definition) is 4. The average Bonchev–Trinajstić information content (AvgIpc) is 3.29. The van der Waals surface area contributed by atoms with E-state index in [0.29, 0.717) is 24.3 Å². The third kappa shape index (κ3) is 3.20. The molecule has 3 heterocycles. The Balaban J connectivity index is 1.43. The minimum atomic E-state index is -0.0744. The van der Waals surface area contributed by atoms with Crippen LogP contribution in [0.2, 0.25) is 0 Å². The van der Waals surface area contributed by atoms with Gasteiger partial charge in [-0.3, -0.25) is 4.79 Å². The number of carbonyl (C=O) groups is 1. The maximum atomic E-state index is 12.5. The van der Waals surface area contributed by atoms with Crippen LogP contribution in [0, 0.1) is 11.3 Å². The lowest BCUT2D eigenvalue weighted by atomic mass is 9.77. The molecule has 0 N–H and O–H groups in total. The molecule has 5 nitrogen and oxygen atoms in total. The molecule has 1 amide bonds. The first-order valence-corrected chi connectivity index (χ1v) is 8.68. The van der Waals surface area contributed by atoms with Crippen LogP contribution in [0.3, 0.4) is 0 Å². The van der Waals surface area contributed by atoms with Gasteiger partial charge in [0, 0.05) is 38.4 Å². The molecular formula is C18H24N2O3. The van der Waals surface area contributed by atoms with Crippen molar-refractivity contribution in [3.05, 3.63) is 24.4 Å². The zero-order valence-electron chi connectivity index (χ0n) is 13.4. The van der Waals surface area contributed by atoms with Crippen LogP contribution in [0.15, 0.2) is 24.4 Å². The van der Waals surface area contributed by atoms with Gasteiger partial charge in [-0.05, 0) is 37.7 Å². The van der Waals surface area contributed by atoms with Crippen molar-refractivity contribution in [1.82, 2.24) is 9.88 Å². The Labute approximate surface area is 137 Å². The standard InChI is InChI=1S/C18H24N2O3/c21-17(11-14-4-5-14)20-9-6-15-18(12-20,7-10-22-15)13-23-16-3-1-2-8-19-16/h1-3,8,14-15H,4-7,9-13H2/t15-,18+/m0/s1. The number of likely N-dealkylation sites (tertiary alicyclic amines) is 1. The van der Waals surface area contributed by atoms with Crippen LogP contribution in [0.1, 0.15) is 32.1 Å². The molecule has 2 aliphatic heterocycles. The van der Waals surface area contributed by atoms with Gasteiger partial charge in [0.15, 0.2) is 0 Å². The van der Waals surface area contributed by atoms with Crippen LogP contribution < -0.4 is 4.74 Å². The molecule has 3 aliphatic rings. The van der Waals surface area contributed by atoms with Gasteiger partial charge in [0.25, 0.3) is 0 Å². The zero-order valence-corrected chi connectivity index (χ0v) is 13.4. The van der Waals surface area contributed by atoms with E-state index in [4.69, 9.17) is 9.47 Å². The van der Waals surface area contributed by atoms with Crippen LogP contribution in [0.4, 0.5) is 0 Å². The van der Waals surface area contributed by atoms with Gasteiger partial charge in [0.1, 0.15) is 0 Å². The van der Waals surface area contributed by atoms with Crippen molar-refractivity contribution >= 4 is 5.91 Å². The van der Waals surface area contributed by atoms with Crippen molar-refractivity contribution in [2.24, 2.45) is 11.3 Å². The molecule has 0 aromatic carbocycles.